The number of H-pyrrole nitrogens is 1. The molecule has 2 heterocycles. The number of rotatable bonds is 5. The summed E-state index contributed by atoms with van der Waals surface area (Å²) >= 11 is 4.25. The van der Waals surface area contributed by atoms with Crippen LogP contribution in [0, 0.1) is 0 Å². The van der Waals surface area contributed by atoms with Gasteiger partial charge < -0.3 is 5.32 Å². The number of benzene rings is 2. The van der Waals surface area contributed by atoms with Crippen LogP contribution in [0.15, 0.2) is 69.2 Å². The number of para-hydroxylation sites is 1. The number of hydrogen-bond donors (Lipinski definition) is 2. The summed E-state index contributed by atoms with van der Waals surface area (Å²) in [5, 5.41) is 9.18. The van der Waals surface area contributed by atoms with Gasteiger partial charge in [0, 0.05) is 4.47 Å². The lowest BCUT2D eigenvalue weighted by atomic mass is 10.1. The molecule has 2 aromatic carbocycles. The van der Waals surface area contributed by atoms with Crippen LogP contribution in [-0.4, -0.2) is 31.4 Å². The summed E-state index contributed by atoms with van der Waals surface area (Å²) in [5.74, 6) is -0.942. The van der Waals surface area contributed by atoms with Crippen molar-refractivity contribution < 1.29 is 18.0 Å². The maximum Gasteiger partial charge on any atom is 0.418 e. The molecular formula is C20H13BrF3N5O2S. The third-order valence-electron chi connectivity index (χ3n) is 4.38. The average molecular weight is 524 g/mol. The van der Waals surface area contributed by atoms with Gasteiger partial charge in [-0.3, -0.25) is 19.3 Å². The Morgan fingerprint density at radius 2 is 1.88 bits per heavy atom. The monoisotopic (exact) mass is 523 g/mol. The van der Waals surface area contributed by atoms with Gasteiger partial charge in [-0.15, -0.1) is 0 Å². The van der Waals surface area contributed by atoms with Gasteiger partial charge in [0.2, 0.25) is 5.91 Å². The topological polar surface area (TPSA) is 92.7 Å². The fourth-order valence-corrected chi connectivity index (χ4v) is 4.01. The molecule has 164 valence electrons. The molecule has 2 N–H and O–H groups in total. The van der Waals surface area contributed by atoms with Crippen LogP contribution >= 0.6 is 27.7 Å². The summed E-state index contributed by atoms with van der Waals surface area (Å²) in [6.07, 6.45) is -3.25. The minimum absolute atomic E-state index is 0.188. The lowest BCUT2D eigenvalue weighted by Crippen LogP contribution is -2.23. The number of nitrogens with one attached hydrogen (secondary N) is 2. The van der Waals surface area contributed by atoms with E-state index in [0.717, 1.165) is 22.3 Å². The molecule has 0 radical (unpaired) electrons. The number of carbonyl (C=O) groups excluding carboxylic acids is 1. The highest BCUT2D eigenvalue weighted by molar-refractivity contribution is 9.10. The summed E-state index contributed by atoms with van der Waals surface area (Å²) in [7, 11) is 0. The van der Waals surface area contributed by atoms with Crippen LogP contribution in [-0.2, 0) is 11.0 Å². The minimum atomic E-state index is -4.60. The molecule has 0 spiro atoms. The number of nitrogens with zero attached hydrogens (tertiary/aromatic N) is 3. The Balaban J connectivity index is 1.63. The third-order valence-corrected chi connectivity index (χ3v) is 5.84. The molecule has 0 atom stereocenters. The highest BCUT2D eigenvalue weighted by atomic mass is 79.9. The van der Waals surface area contributed by atoms with Crippen LogP contribution in [0.2, 0.25) is 0 Å². The number of thioether (sulfide) groups is 1. The second-order valence-electron chi connectivity index (χ2n) is 6.52. The van der Waals surface area contributed by atoms with Crippen LogP contribution in [0.4, 0.5) is 18.9 Å². The van der Waals surface area contributed by atoms with Crippen LogP contribution < -0.4 is 10.9 Å². The fraction of sp³-hybridized carbons (Fsp3) is 0.100. The Labute approximate surface area is 191 Å². The summed E-state index contributed by atoms with van der Waals surface area (Å²) < 4.78 is 41.6. The van der Waals surface area contributed by atoms with Gasteiger partial charge in [-0.25, -0.2) is 4.98 Å². The van der Waals surface area contributed by atoms with Crippen molar-refractivity contribution in [2.75, 3.05) is 11.1 Å². The number of aromatic amines is 1. The molecule has 4 aromatic rings. The molecule has 1 amide bonds. The first-order valence-corrected chi connectivity index (χ1v) is 10.8. The van der Waals surface area contributed by atoms with Gasteiger partial charge in [-0.2, -0.15) is 18.3 Å². The number of amides is 1. The Morgan fingerprint density at radius 1 is 1.16 bits per heavy atom. The van der Waals surface area contributed by atoms with E-state index < -0.39 is 23.2 Å². The maximum absolute atomic E-state index is 13.2. The quantitative estimate of drug-likeness (QED) is 0.294. The van der Waals surface area contributed by atoms with E-state index in [1.54, 1.807) is 24.3 Å². The number of anilines is 1. The summed E-state index contributed by atoms with van der Waals surface area (Å²) in [6.45, 7) is 0. The molecule has 0 saturated heterocycles. The van der Waals surface area contributed by atoms with E-state index >= 15 is 0 Å². The van der Waals surface area contributed by atoms with Crippen molar-refractivity contribution in [1.29, 1.82) is 0 Å². The molecule has 2 aromatic heterocycles. The molecule has 32 heavy (non-hydrogen) atoms. The second-order valence-corrected chi connectivity index (χ2v) is 8.38. The van der Waals surface area contributed by atoms with Crippen LogP contribution in [0.1, 0.15) is 5.56 Å². The van der Waals surface area contributed by atoms with Crippen molar-refractivity contribution in [3.05, 3.63) is 75.1 Å². The lowest BCUT2D eigenvalue weighted by Gasteiger charge is -2.14. The summed E-state index contributed by atoms with van der Waals surface area (Å²) in [5.41, 5.74) is -0.917. The Bertz CT molecular complexity index is 1350. The fourth-order valence-electron chi connectivity index (χ4n) is 2.94. The number of halogens is 4. The van der Waals surface area contributed by atoms with E-state index in [1.165, 1.54) is 29.0 Å². The van der Waals surface area contributed by atoms with Gasteiger partial charge in [0.1, 0.15) is 5.39 Å². The first-order chi connectivity index (χ1) is 15.2. The zero-order chi connectivity index (χ0) is 22.9. The average Bonchev–Trinajstić information content (AvgIpc) is 3.22. The highest BCUT2D eigenvalue weighted by Gasteiger charge is 2.33. The van der Waals surface area contributed by atoms with Crippen molar-refractivity contribution in [3.8, 4) is 5.69 Å². The highest BCUT2D eigenvalue weighted by Crippen LogP contribution is 2.34. The minimum Gasteiger partial charge on any atom is -0.325 e. The van der Waals surface area contributed by atoms with E-state index in [2.05, 4.69) is 36.4 Å². The molecule has 4 rings (SSSR count). The standard InChI is InChI=1S/C20H13BrF3N5O2S/c21-11-5-7-12(8-6-11)29-18(31)13-9-25-28-17(13)27-19(29)32-10-16(30)26-15-4-2-1-3-14(15)20(22,23)24/h1-9H,10H2,(H,25,28)(H,26,30). The van der Waals surface area contributed by atoms with Gasteiger partial charge in [0.25, 0.3) is 5.56 Å². The van der Waals surface area contributed by atoms with Crippen LogP contribution in [0.5, 0.6) is 0 Å². The Kier molecular flexibility index (Phi) is 6.07. The normalized spacial score (nSPS) is 11.6. The van der Waals surface area contributed by atoms with E-state index in [0.29, 0.717) is 5.69 Å². The largest absolute Gasteiger partial charge is 0.418 e. The molecule has 0 saturated carbocycles. The zero-order valence-electron chi connectivity index (χ0n) is 16.0. The Hall–Kier alpha value is -3.12. The van der Waals surface area contributed by atoms with E-state index in [9.17, 15) is 22.8 Å². The van der Waals surface area contributed by atoms with Crippen molar-refractivity contribution >= 4 is 50.3 Å². The molecule has 0 fully saturated rings. The number of hydrogen-bond acceptors (Lipinski definition) is 5. The number of alkyl halides is 3. The molecule has 0 bridgehead atoms. The zero-order valence-corrected chi connectivity index (χ0v) is 18.4. The predicted molar refractivity (Wildman–Crippen MR) is 118 cm³/mol. The molecule has 0 aliphatic heterocycles. The molecular weight excluding hydrogens is 511 g/mol. The van der Waals surface area contributed by atoms with Gasteiger partial charge in [0.05, 0.1) is 28.9 Å². The van der Waals surface area contributed by atoms with Gasteiger partial charge in [-0.1, -0.05) is 39.8 Å². The SMILES string of the molecule is O=C(CSc1nc2[nH]ncc2c(=O)n1-c1ccc(Br)cc1)Nc1ccccc1C(F)(F)F. The summed E-state index contributed by atoms with van der Waals surface area (Å²) in [6, 6.07) is 11.6. The summed E-state index contributed by atoms with van der Waals surface area (Å²) in [4.78, 5) is 29.8. The molecule has 12 heteroatoms. The number of fused-ring (bicyclic) bond motifs is 1. The second kappa shape index (κ2) is 8.79. The van der Waals surface area contributed by atoms with E-state index in [4.69, 9.17) is 0 Å². The van der Waals surface area contributed by atoms with Crippen molar-refractivity contribution in [3.63, 3.8) is 0 Å². The van der Waals surface area contributed by atoms with E-state index in [1.807, 2.05) is 0 Å². The van der Waals surface area contributed by atoms with Gasteiger partial charge >= 0.3 is 6.18 Å². The lowest BCUT2D eigenvalue weighted by molar-refractivity contribution is -0.137. The number of aromatic nitrogens is 4. The van der Waals surface area contributed by atoms with Crippen LogP contribution in [0.3, 0.4) is 0 Å². The number of carbonyl (C=O) groups is 1. The predicted octanol–water partition coefficient (Wildman–Crippen LogP) is 4.62. The van der Waals surface area contributed by atoms with Gasteiger partial charge in [-0.05, 0) is 36.4 Å². The van der Waals surface area contributed by atoms with Crippen molar-refractivity contribution in [1.82, 2.24) is 19.7 Å². The molecule has 7 nitrogen and oxygen atoms in total. The first-order valence-electron chi connectivity index (χ1n) is 9.05. The Morgan fingerprint density at radius 3 is 2.59 bits per heavy atom. The smallest absolute Gasteiger partial charge is 0.325 e. The molecule has 0 unspecified atom stereocenters. The molecule has 0 aliphatic rings. The van der Waals surface area contributed by atoms with Crippen molar-refractivity contribution in [2.24, 2.45) is 0 Å². The first kappa shape index (κ1) is 22.1. The van der Waals surface area contributed by atoms with E-state index in [-0.39, 0.29) is 27.6 Å². The van der Waals surface area contributed by atoms with Gasteiger partial charge in [0.15, 0.2) is 10.8 Å². The van der Waals surface area contributed by atoms with Crippen molar-refractivity contribution in [2.45, 2.75) is 11.3 Å². The third kappa shape index (κ3) is 4.55. The maximum atomic E-state index is 13.2. The van der Waals surface area contributed by atoms with Crippen LogP contribution in [0.25, 0.3) is 16.7 Å². The molecule has 0 aliphatic carbocycles.